The van der Waals surface area contributed by atoms with Crippen LogP contribution in [0.25, 0.3) is 0 Å². The number of carbonyl (C=O) groups is 3. The maximum Gasteiger partial charge on any atom is 0.417 e. The lowest BCUT2D eigenvalue weighted by atomic mass is 9.90. The Labute approximate surface area is 131 Å². The van der Waals surface area contributed by atoms with Crippen LogP contribution in [0.4, 0.5) is 4.79 Å². The summed E-state index contributed by atoms with van der Waals surface area (Å²) in [7, 11) is 0. The first-order valence-electron chi connectivity index (χ1n) is 7.85. The maximum absolute atomic E-state index is 12.3. The summed E-state index contributed by atoms with van der Waals surface area (Å²) in [6.07, 6.45) is 0.279. The van der Waals surface area contributed by atoms with Crippen molar-refractivity contribution in [3.8, 4) is 0 Å². The Morgan fingerprint density at radius 2 is 1.95 bits per heavy atom. The first kappa shape index (κ1) is 16.8. The highest BCUT2D eigenvalue weighted by Gasteiger charge is 2.48. The van der Waals surface area contributed by atoms with Gasteiger partial charge in [0.1, 0.15) is 11.7 Å². The minimum absolute atomic E-state index is 0.166. The number of esters is 1. The summed E-state index contributed by atoms with van der Waals surface area (Å²) >= 11 is 0. The fourth-order valence-electron chi connectivity index (χ4n) is 3.02. The summed E-state index contributed by atoms with van der Waals surface area (Å²) in [5, 5.41) is 0. The van der Waals surface area contributed by atoms with Crippen LogP contribution in [0.3, 0.4) is 0 Å². The number of rotatable bonds is 2. The Bertz CT molecular complexity index is 479. The summed E-state index contributed by atoms with van der Waals surface area (Å²) in [5.41, 5.74) is -0.669. The highest BCUT2D eigenvalue weighted by Crippen LogP contribution is 2.35. The molecule has 6 heteroatoms. The molecule has 0 bridgehead atoms. The van der Waals surface area contributed by atoms with Crippen LogP contribution in [0, 0.1) is 11.8 Å². The molecule has 3 atom stereocenters. The van der Waals surface area contributed by atoms with E-state index in [0.29, 0.717) is 12.8 Å². The predicted octanol–water partition coefficient (Wildman–Crippen LogP) is 2.50. The Kier molecular flexibility index (Phi) is 4.49. The Balaban J connectivity index is 2.12. The molecule has 2 aliphatic rings. The van der Waals surface area contributed by atoms with Crippen molar-refractivity contribution in [2.75, 3.05) is 0 Å². The van der Waals surface area contributed by atoms with Crippen LogP contribution in [-0.2, 0) is 19.1 Å². The van der Waals surface area contributed by atoms with Crippen molar-refractivity contribution in [2.45, 2.75) is 71.6 Å². The largest absolute Gasteiger partial charge is 0.460 e. The molecular formula is C16H25NO5. The van der Waals surface area contributed by atoms with Gasteiger partial charge in [0.25, 0.3) is 0 Å². The normalized spacial score (nSPS) is 29.2. The third kappa shape index (κ3) is 3.42. The number of hydrogen-bond donors (Lipinski definition) is 0. The fraction of sp³-hybridized carbons (Fsp3) is 0.812. The number of ether oxygens (including phenoxy) is 2. The topological polar surface area (TPSA) is 72.9 Å². The Morgan fingerprint density at radius 3 is 2.45 bits per heavy atom. The second-order valence-electron chi connectivity index (χ2n) is 7.41. The van der Waals surface area contributed by atoms with Crippen molar-refractivity contribution in [2.24, 2.45) is 11.8 Å². The van der Waals surface area contributed by atoms with Gasteiger partial charge in [-0.2, -0.15) is 0 Å². The summed E-state index contributed by atoms with van der Waals surface area (Å²) < 4.78 is 10.7. The molecule has 124 valence electrons. The van der Waals surface area contributed by atoms with Gasteiger partial charge >= 0.3 is 12.1 Å². The van der Waals surface area contributed by atoms with Gasteiger partial charge in [0, 0.05) is 6.42 Å². The van der Waals surface area contributed by atoms with Crippen LogP contribution >= 0.6 is 0 Å². The molecule has 0 aliphatic carbocycles. The van der Waals surface area contributed by atoms with Gasteiger partial charge in [-0.05, 0) is 39.5 Å². The quantitative estimate of drug-likeness (QED) is 0.733. The molecule has 0 radical (unpaired) electrons. The van der Waals surface area contributed by atoms with E-state index < -0.39 is 23.8 Å². The zero-order valence-corrected chi connectivity index (χ0v) is 13.9. The van der Waals surface area contributed by atoms with Gasteiger partial charge in [-0.3, -0.25) is 9.59 Å². The maximum atomic E-state index is 12.3. The third-order valence-electron chi connectivity index (χ3n) is 4.13. The third-order valence-corrected chi connectivity index (χ3v) is 4.13. The lowest BCUT2D eigenvalue weighted by Crippen LogP contribution is -2.47. The highest BCUT2D eigenvalue weighted by molar-refractivity contribution is 5.94. The molecule has 2 aliphatic heterocycles. The van der Waals surface area contributed by atoms with E-state index in [4.69, 9.17) is 9.47 Å². The molecule has 2 fully saturated rings. The zero-order valence-electron chi connectivity index (χ0n) is 13.9. The van der Waals surface area contributed by atoms with Gasteiger partial charge < -0.3 is 9.47 Å². The molecule has 0 unspecified atom stereocenters. The molecule has 2 saturated heterocycles. The SMILES string of the molecule is CC(C)[C@@H]1C[C@@H]([C@@H]2CCC(=O)N2C(=O)OC(C)(C)C)OC1=O. The molecule has 2 rings (SSSR count). The van der Waals surface area contributed by atoms with Crippen LogP contribution in [0.2, 0.25) is 0 Å². The van der Waals surface area contributed by atoms with Gasteiger partial charge in [0.15, 0.2) is 0 Å². The predicted molar refractivity (Wildman–Crippen MR) is 78.9 cm³/mol. The number of hydrogen-bond acceptors (Lipinski definition) is 5. The standard InChI is InChI=1S/C16H25NO5/c1-9(2)10-8-12(21-14(10)19)11-6-7-13(18)17(11)15(20)22-16(3,4)5/h9-12H,6-8H2,1-5H3/t10-,11-,12-/m0/s1. The van der Waals surface area contributed by atoms with E-state index in [1.54, 1.807) is 20.8 Å². The number of nitrogens with zero attached hydrogens (tertiary/aromatic N) is 1. The van der Waals surface area contributed by atoms with E-state index in [0.717, 1.165) is 4.90 Å². The minimum Gasteiger partial charge on any atom is -0.460 e. The summed E-state index contributed by atoms with van der Waals surface area (Å²) in [6.45, 7) is 9.21. The Hall–Kier alpha value is -1.59. The zero-order chi connectivity index (χ0) is 16.7. The molecule has 6 nitrogen and oxygen atoms in total. The lowest BCUT2D eigenvalue weighted by molar-refractivity contribution is -0.148. The molecule has 2 amide bonds. The van der Waals surface area contributed by atoms with Gasteiger partial charge in [-0.15, -0.1) is 0 Å². The molecule has 0 aromatic heterocycles. The number of carbonyl (C=O) groups excluding carboxylic acids is 3. The van der Waals surface area contributed by atoms with E-state index in [-0.39, 0.29) is 30.1 Å². The Morgan fingerprint density at radius 1 is 1.32 bits per heavy atom. The first-order chi connectivity index (χ1) is 10.1. The monoisotopic (exact) mass is 311 g/mol. The molecule has 0 saturated carbocycles. The van der Waals surface area contributed by atoms with Gasteiger partial charge in [-0.25, -0.2) is 9.69 Å². The summed E-state index contributed by atoms with van der Waals surface area (Å²) in [5.74, 6) is -0.474. The van der Waals surface area contributed by atoms with Gasteiger partial charge in [0.05, 0.1) is 12.0 Å². The van der Waals surface area contributed by atoms with Gasteiger partial charge in [0.2, 0.25) is 5.91 Å². The number of imide groups is 1. The van der Waals surface area contributed by atoms with E-state index in [1.807, 2.05) is 13.8 Å². The molecule has 2 heterocycles. The van der Waals surface area contributed by atoms with E-state index in [1.165, 1.54) is 0 Å². The number of likely N-dealkylation sites (tertiary alicyclic amines) is 1. The van der Waals surface area contributed by atoms with Crippen molar-refractivity contribution >= 4 is 18.0 Å². The molecular weight excluding hydrogens is 286 g/mol. The second-order valence-corrected chi connectivity index (χ2v) is 7.41. The second kappa shape index (κ2) is 5.89. The smallest absolute Gasteiger partial charge is 0.417 e. The van der Waals surface area contributed by atoms with Crippen LogP contribution in [0.1, 0.15) is 53.9 Å². The van der Waals surface area contributed by atoms with Gasteiger partial charge in [-0.1, -0.05) is 13.8 Å². The van der Waals surface area contributed by atoms with Crippen LogP contribution < -0.4 is 0 Å². The fourth-order valence-corrected chi connectivity index (χ4v) is 3.02. The van der Waals surface area contributed by atoms with Crippen molar-refractivity contribution in [3.63, 3.8) is 0 Å². The number of cyclic esters (lactones) is 1. The summed E-state index contributed by atoms with van der Waals surface area (Å²) in [6, 6.07) is -0.407. The highest BCUT2D eigenvalue weighted by atomic mass is 16.6. The van der Waals surface area contributed by atoms with Crippen molar-refractivity contribution in [1.29, 1.82) is 0 Å². The van der Waals surface area contributed by atoms with E-state index >= 15 is 0 Å². The average molecular weight is 311 g/mol. The van der Waals surface area contributed by atoms with Crippen molar-refractivity contribution < 1.29 is 23.9 Å². The molecule has 0 aromatic carbocycles. The van der Waals surface area contributed by atoms with E-state index in [9.17, 15) is 14.4 Å². The lowest BCUT2D eigenvalue weighted by Gasteiger charge is -2.29. The van der Waals surface area contributed by atoms with Crippen LogP contribution in [0.5, 0.6) is 0 Å². The van der Waals surface area contributed by atoms with Crippen molar-refractivity contribution in [3.05, 3.63) is 0 Å². The average Bonchev–Trinajstić information content (AvgIpc) is 2.90. The van der Waals surface area contributed by atoms with E-state index in [2.05, 4.69) is 0 Å². The molecule has 0 spiro atoms. The number of amides is 2. The minimum atomic E-state index is -0.669. The summed E-state index contributed by atoms with van der Waals surface area (Å²) in [4.78, 5) is 37.4. The molecule has 0 aromatic rings. The molecule has 22 heavy (non-hydrogen) atoms. The first-order valence-corrected chi connectivity index (χ1v) is 7.85. The van der Waals surface area contributed by atoms with Crippen molar-refractivity contribution in [1.82, 2.24) is 4.90 Å². The van der Waals surface area contributed by atoms with Crippen LogP contribution in [0.15, 0.2) is 0 Å². The van der Waals surface area contributed by atoms with Crippen LogP contribution in [-0.4, -0.2) is 40.6 Å². The molecule has 0 N–H and O–H groups in total.